The maximum Gasteiger partial charge on any atom is 0.242 e. The molecule has 2 N–H and O–H groups in total. The van der Waals surface area contributed by atoms with E-state index in [-0.39, 0.29) is 12.5 Å². The van der Waals surface area contributed by atoms with E-state index in [0.717, 1.165) is 12.0 Å². The Kier molecular flexibility index (Phi) is 8.15. The fraction of sp³-hybridized carbons (Fsp3) is 0.400. The first-order valence-electron chi connectivity index (χ1n) is 9.00. The van der Waals surface area contributed by atoms with Crippen LogP contribution in [0.3, 0.4) is 0 Å². The molecule has 2 rings (SSSR count). The number of carbonyl (C=O) groups is 1. The third-order valence-corrected chi connectivity index (χ3v) is 5.31. The quantitative estimate of drug-likeness (QED) is 0.553. The Bertz CT molecular complexity index is 712. The highest BCUT2D eigenvalue weighted by Gasteiger charge is 2.12. The zero-order valence-electron chi connectivity index (χ0n) is 15.8. The summed E-state index contributed by atoms with van der Waals surface area (Å²) in [5.41, 5.74) is 1.13. The van der Waals surface area contributed by atoms with Gasteiger partial charge < -0.3 is 15.5 Å². The number of aryl methyl sites for hydroxylation is 1. The average Bonchev–Trinajstić information content (AvgIpc) is 3.15. The minimum atomic E-state index is 0.0590. The van der Waals surface area contributed by atoms with Gasteiger partial charge in [0.1, 0.15) is 0 Å². The summed E-state index contributed by atoms with van der Waals surface area (Å²) < 4.78 is 0. The number of guanidine groups is 1. The van der Waals surface area contributed by atoms with Crippen LogP contribution < -0.4 is 10.6 Å². The lowest BCUT2D eigenvalue weighted by molar-refractivity contribution is -0.130. The van der Waals surface area contributed by atoms with Crippen molar-refractivity contribution in [3.63, 3.8) is 0 Å². The number of amides is 1. The number of thiophene rings is 1. The first-order chi connectivity index (χ1) is 12.7. The lowest BCUT2D eigenvalue weighted by atomic mass is 10.2. The van der Waals surface area contributed by atoms with Crippen LogP contribution in [0.2, 0.25) is 0 Å². The smallest absolute Gasteiger partial charge is 0.242 e. The highest BCUT2D eigenvalue weighted by molar-refractivity contribution is 7.11. The molecule has 0 radical (unpaired) electrons. The molecule has 1 aromatic heterocycles. The summed E-state index contributed by atoms with van der Waals surface area (Å²) in [7, 11) is 1.72. The fourth-order valence-corrected chi connectivity index (χ4v) is 3.45. The van der Waals surface area contributed by atoms with E-state index >= 15 is 0 Å². The van der Waals surface area contributed by atoms with Crippen LogP contribution in [-0.2, 0) is 24.3 Å². The van der Waals surface area contributed by atoms with E-state index in [1.807, 2.05) is 42.2 Å². The van der Waals surface area contributed by atoms with Crippen molar-refractivity contribution in [1.29, 1.82) is 0 Å². The minimum absolute atomic E-state index is 0.0590. The van der Waals surface area contributed by atoms with Gasteiger partial charge in [0.15, 0.2) is 5.96 Å². The van der Waals surface area contributed by atoms with Crippen molar-refractivity contribution in [2.24, 2.45) is 4.99 Å². The Balaban J connectivity index is 1.81. The summed E-state index contributed by atoms with van der Waals surface area (Å²) in [6, 6.07) is 14.3. The highest BCUT2D eigenvalue weighted by Crippen LogP contribution is 2.16. The molecule has 0 aliphatic rings. The third-order valence-electron chi connectivity index (χ3n) is 4.08. The van der Waals surface area contributed by atoms with Gasteiger partial charge in [0.05, 0.1) is 13.1 Å². The normalized spacial score (nSPS) is 11.3. The Morgan fingerprint density at radius 2 is 1.81 bits per heavy atom. The van der Waals surface area contributed by atoms with Gasteiger partial charge in [-0.3, -0.25) is 9.79 Å². The molecule has 1 aromatic carbocycles. The lowest BCUT2D eigenvalue weighted by Crippen LogP contribution is -2.44. The number of hydrogen-bond donors (Lipinski definition) is 2. The van der Waals surface area contributed by atoms with Crippen LogP contribution in [-0.4, -0.2) is 36.9 Å². The molecule has 1 heterocycles. The molecule has 0 spiro atoms. The van der Waals surface area contributed by atoms with Gasteiger partial charge in [-0.15, -0.1) is 11.3 Å². The molecule has 0 aliphatic carbocycles. The first kappa shape index (κ1) is 20.0. The van der Waals surface area contributed by atoms with Gasteiger partial charge in [-0.1, -0.05) is 37.3 Å². The summed E-state index contributed by atoms with van der Waals surface area (Å²) in [4.78, 5) is 21.2. The number of carbonyl (C=O) groups excluding carboxylic acids is 1. The van der Waals surface area contributed by atoms with Gasteiger partial charge in [0, 0.05) is 29.9 Å². The van der Waals surface area contributed by atoms with Crippen molar-refractivity contribution in [3.8, 4) is 0 Å². The van der Waals surface area contributed by atoms with Gasteiger partial charge in [-0.2, -0.15) is 0 Å². The van der Waals surface area contributed by atoms with Gasteiger partial charge >= 0.3 is 0 Å². The van der Waals surface area contributed by atoms with Crippen molar-refractivity contribution >= 4 is 23.2 Å². The fourth-order valence-electron chi connectivity index (χ4n) is 2.55. The summed E-state index contributed by atoms with van der Waals surface area (Å²) in [5.74, 6) is 0.698. The topological polar surface area (TPSA) is 56.7 Å². The predicted octanol–water partition coefficient (Wildman–Crippen LogP) is 3.02. The van der Waals surface area contributed by atoms with Crippen LogP contribution in [0.15, 0.2) is 47.5 Å². The SMILES string of the molecule is CCc1ccc(CNC(=NC)NCC(=O)N(CC)Cc2ccccc2)s1. The summed E-state index contributed by atoms with van der Waals surface area (Å²) >= 11 is 1.80. The largest absolute Gasteiger partial charge is 0.352 e. The maximum atomic E-state index is 12.5. The van der Waals surface area contributed by atoms with E-state index in [4.69, 9.17) is 0 Å². The van der Waals surface area contributed by atoms with Gasteiger partial charge in [-0.05, 0) is 31.0 Å². The van der Waals surface area contributed by atoms with Crippen LogP contribution in [0.1, 0.15) is 29.2 Å². The molecule has 1 amide bonds. The molecule has 2 aromatic rings. The molecular weight excluding hydrogens is 344 g/mol. The number of likely N-dealkylation sites (N-methyl/N-ethyl adjacent to an activating group) is 1. The van der Waals surface area contributed by atoms with Gasteiger partial charge in [0.25, 0.3) is 0 Å². The maximum absolute atomic E-state index is 12.5. The number of benzene rings is 1. The van der Waals surface area contributed by atoms with Crippen LogP contribution in [0.5, 0.6) is 0 Å². The van der Waals surface area contributed by atoms with E-state index in [2.05, 4.69) is 34.7 Å². The zero-order chi connectivity index (χ0) is 18.8. The Morgan fingerprint density at radius 1 is 1.08 bits per heavy atom. The first-order valence-corrected chi connectivity index (χ1v) is 9.81. The van der Waals surface area contributed by atoms with E-state index in [0.29, 0.717) is 25.6 Å². The highest BCUT2D eigenvalue weighted by atomic mass is 32.1. The average molecular weight is 373 g/mol. The number of nitrogens with zero attached hydrogens (tertiary/aromatic N) is 2. The molecule has 6 heteroatoms. The second-order valence-electron chi connectivity index (χ2n) is 5.89. The third kappa shape index (κ3) is 6.19. The molecule has 0 saturated carbocycles. The molecule has 0 unspecified atom stereocenters. The molecule has 26 heavy (non-hydrogen) atoms. The minimum Gasteiger partial charge on any atom is -0.352 e. The van der Waals surface area contributed by atoms with Crippen LogP contribution >= 0.6 is 11.3 Å². The molecule has 0 bridgehead atoms. The molecule has 0 atom stereocenters. The lowest BCUT2D eigenvalue weighted by Gasteiger charge is -2.22. The number of aliphatic imine (C=N–C) groups is 1. The van der Waals surface area contributed by atoms with Crippen molar-refractivity contribution in [2.45, 2.75) is 33.4 Å². The van der Waals surface area contributed by atoms with E-state index in [1.54, 1.807) is 18.4 Å². The van der Waals surface area contributed by atoms with Gasteiger partial charge in [0.2, 0.25) is 5.91 Å². The van der Waals surface area contributed by atoms with Crippen molar-refractivity contribution in [1.82, 2.24) is 15.5 Å². The van der Waals surface area contributed by atoms with E-state index in [1.165, 1.54) is 9.75 Å². The van der Waals surface area contributed by atoms with E-state index < -0.39 is 0 Å². The zero-order valence-corrected chi connectivity index (χ0v) is 16.6. The van der Waals surface area contributed by atoms with Crippen molar-refractivity contribution < 1.29 is 4.79 Å². The van der Waals surface area contributed by atoms with Crippen LogP contribution in [0.25, 0.3) is 0 Å². The summed E-state index contributed by atoms with van der Waals surface area (Å²) in [6.07, 6.45) is 1.06. The Labute approximate surface area is 160 Å². The van der Waals surface area contributed by atoms with Gasteiger partial charge in [-0.25, -0.2) is 0 Å². The molecule has 0 saturated heterocycles. The second-order valence-corrected chi connectivity index (χ2v) is 7.15. The second kappa shape index (κ2) is 10.6. The van der Waals surface area contributed by atoms with Crippen molar-refractivity contribution in [2.75, 3.05) is 20.1 Å². The molecule has 0 aliphatic heterocycles. The number of rotatable bonds is 8. The Morgan fingerprint density at radius 3 is 2.42 bits per heavy atom. The molecule has 0 fully saturated rings. The van der Waals surface area contributed by atoms with Crippen LogP contribution in [0, 0.1) is 0 Å². The Hall–Kier alpha value is -2.34. The molecular formula is C20H28N4OS. The standard InChI is InChI=1S/C20H28N4OS/c1-4-17-11-12-18(26-17)13-22-20(21-3)23-14-19(25)24(5-2)15-16-9-7-6-8-10-16/h6-12H,4-5,13-15H2,1-3H3,(H2,21,22,23). The van der Waals surface area contributed by atoms with Crippen LogP contribution in [0.4, 0.5) is 0 Å². The summed E-state index contributed by atoms with van der Waals surface area (Å²) in [5, 5.41) is 6.38. The molecule has 140 valence electrons. The summed E-state index contributed by atoms with van der Waals surface area (Å²) in [6.45, 7) is 6.39. The van der Waals surface area contributed by atoms with E-state index in [9.17, 15) is 4.79 Å². The number of hydrogen-bond acceptors (Lipinski definition) is 3. The van der Waals surface area contributed by atoms with Crippen molar-refractivity contribution in [3.05, 3.63) is 57.8 Å². The number of nitrogens with one attached hydrogen (secondary N) is 2. The monoisotopic (exact) mass is 372 g/mol. The molecule has 5 nitrogen and oxygen atoms in total. The predicted molar refractivity (Wildman–Crippen MR) is 109 cm³/mol.